The van der Waals surface area contributed by atoms with Crippen molar-refractivity contribution in [2.24, 2.45) is 0 Å². The van der Waals surface area contributed by atoms with E-state index in [1.165, 1.54) is 16.0 Å². The van der Waals surface area contributed by atoms with Gasteiger partial charge in [0.2, 0.25) is 0 Å². The first-order chi connectivity index (χ1) is 9.54. The highest BCUT2D eigenvalue weighted by Crippen LogP contribution is 2.30. The molecule has 1 aromatic heterocycles. The number of pyridine rings is 1. The van der Waals surface area contributed by atoms with Gasteiger partial charge in [-0.05, 0) is 46.6 Å². The third kappa shape index (κ3) is 4.62. The van der Waals surface area contributed by atoms with Crippen LogP contribution in [0.2, 0.25) is 0 Å². The molecule has 2 nitrogen and oxygen atoms in total. The van der Waals surface area contributed by atoms with E-state index < -0.39 is 0 Å². The fourth-order valence-electron chi connectivity index (χ4n) is 1.80. The van der Waals surface area contributed by atoms with E-state index in [4.69, 9.17) is 0 Å². The summed E-state index contributed by atoms with van der Waals surface area (Å²) in [5.74, 6) is 0. The van der Waals surface area contributed by atoms with Crippen molar-refractivity contribution >= 4 is 27.7 Å². The fraction of sp³-hybridized carbons (Fsp3) is 0.312. The summed E-state index contributed by atoms with van der Waals surface area (Å²) < 4.78 is 1.01. The first-order valence-electron chi connectivity index (χ1n) is 6.67. The van der Waals surface area contributed by atoms with Gasteiger partial charge < -0.3 is 5.32 Å². The Morgan fingerprint density at radius 1 is 1.25 bits per heavy atom. The summed E-state index contributed by atoms with van der Waals surface area (Å²) >= 11 is 5.13. The van der Waals surface area contributed by atoms with Gasteiger partial charge >= 0.3 is 0 Å². The van der Waals surface area contributed by atoms with Gasteiger partial charge in [-0.3, -0.25) is 0 Å². The molecule has 20 heavy (non-hydrogen) atoms. The number of halogens is 1. The molecule has 0 atom stereocenters. The molecule has 0 bridgehead atoms. The van der Waals surface area contributed by atoms with Crippen LogP contribution in [0.15, 0.2) is 50.9 Å². The summed E-state index contributed by atoms with van der Waals surface area (Å²) in [5, 5.41) is 4.50. The van der Waals surface area contributed by atoms with E-state index in [2.05, 4.69) is 65.2 Å². The van der Waals surface area contributed by atoms with Crippen LogP contribution in [0.5, 0.6) is 0 Å². The average Bonchev–Trinajstić information content (AvgIpc) is 2.41. The van der Waals surface area contributed by atoms with E-state index in [0.717, 1.165) is 16.0 Å². The van der Waals surface area contributed by atoms with Crippen molar-refractivity contribution in [3.05, 3.63) is 52.1 Å². The topological polar surface area (TPSA) is 24.9 Å². The number of aryl methyl sites for hydroxylation is 1. The number of hydrogen-bond donors (Lipinski definition) is 1. The minimum atomic E-state index is 0.485. The summed E-state index contributed by atoms with van der Waals surface area (Å²) in [6.45, 7) is 7.35. The van der Waals surface area contributed by atoms with Gasteiger partial charge in [-0.25, -0.2) is 4.98 Å². The van der Waals surface area contributed by atoms with Gasteiger partial charge in [0, 0.05) is 28.2 Å². The van der Waals surface area contributed by atoms with Gasteiger partial charge in [0.15, 0.2) is 0 Å². The molecule has 0 unspecified atom stereocenters. The van der Waals surface area contributed by atoms with E-state index in [0.29, 0.717) is 6.04 Å². The van der Waals surface area contributed by atoms with E-state index in [9.17, 15) is 0 Å². The van der Waals surface area contributed by atoms with Crippen molar-refractivity contribution in [2.75, 3.05) is 0 Å². The van der Waals surface area contributed by atoms with Crippen molar-refractivity contribution in [3.63, 3.8) is 0 Å². The van der Waals surface area contributed by atoms with Crippen molar-refractivity contribution < 1.29 is 0 Å². The summed E-state index contributed by atoms with van der Waals surface area (Å²) in [4.78, 5) is 5.69. The number of nitrogens with one attached hydrogen (secondary N) is 1. The zero-order valence-corrected chi connectivity index (χ0v) is 14.4. The molecule has 2 aromatic rings. The first-order valence-corrected chi connectivity index (χ1v) is 8.28. The van der Waals surface area contributed by atoms with Crippen molar-refractivity contribution in [1.82, 2.24) is 10.3 Å². The van der Waals surface area contributed by atoms with E-state index in [1.807, 2.05) is 18.3 Å². The van der Waals surface area contributed by atoms with Crippen LogP contribution in [-0.4, -0.2) is 11.0 Å². The summed E-state index contributed by atoms with van der Waals surface area (Å²) in [5.41, 5.74) is 2.62. The Balaban J connectivity index is 2.19. The Morgan fingerprint density at radius 3 is 2.70 bits per heavy atom. The van der Waals surface area contributed by atoms with Gasteiger partial charge in [-0.1, -0.05) is 43.3 Å². The van der Waals surface area contributed by atoms with Crippen LogP contribution in [0.3, 0.4) is 0 Å². The maximum Gasteiger partial charge on any atom is 0.101 e. The molecule has 0 fully saturated rings. The molecule has 0 amide bonds. The zero-order chi connectivity index (χ0) is 14.5. The highest BCUT2D eigenvalue weighted by molar-refractivity contribution is 9.10. The Labute approximate surface area is 133 Å². The summed E-state index contributed by atoms with van der Waals surface area (Å²) in [6, 6.07) is 11.1. The lowest BCUT2D eigenvalue weighted by molar-refractivity contribution is 0.584. The van der Waals surface area contributed by atoms with Gasteiger partial charge in [0.1, 0.15) is 5.03 Å². The first kappa shape index (κ1) is 15.5. The van der Waals surface area contributed by atoms with Crippen LogP contribution >= 0.6 is 27.7 Å². The average molecular weight is 351 g/mol. The van der Waals surface area contributed by atoms with Crippen LogP contribution in [0.25, 0.3) is 0 Å². The normalized spacial score (nSPS) is 11.1. The predicted octanol–water partition coefficient (Wildman–Crippen LogP) is 4.80. The number of hydrogen-bond acceptors (Lipinski definition) is 3. The molecule has 1 aromatic carbocycles. The summed E-state index contributed by atoms with van der Waals surface area (Å²) in [6.07, 6.45) is 1.84. The molecule has 0 saturated heterocycles. The van der Waals surface area contributed by atoms with Crippen molar-refractivity contribution in [3.8, 4) is 0 Å². The molecule has 2 rings (SSSR count). The van der Waals surface area contributed by atoms with Crippen LogP contribution < -0.4 is 5.32 Å². The highest BCUT2D eigenvalue weighted by atomic mass is 79.9. The molecule has 1 heterocycles. The minimum Gasteiger partial charge on any atom is -0.310 e. The van der Waals surface area contributed by atoms with Crippen LogP contribution in [0.1, 0.15) is 25.0 Å². The molecule has 0 aliphatic heterocycles. The van der Waals surface area contributed by atoms with Gasteiger partial charge in [0.25, 0.3) is 0 Å². The van der Waals surface area contributed by atoms with Gasteiger partial charge in [0.05, 0.1) is 0 Å². The molecule has 0 radical (unpaired) electrons. The number of benzene rings is 1. The number of rotatable bonds is 5. The lowest BCUT2D eigenvalue weighted by atomic mass is 10.1. The Kier molecular flexibility index (Phi) is 5.64. The zero-order valence-electron chi connectivity index (χ0n) is 12.0. The van der Waals surface area contributed by atoms with Crippen LogP contribution in [-0.2, 0) is 6.54 Å². The molecule has 0 aliphatic carbocycles. The minimum absolute atomic E-state index is 0.485. The molecule has 0 saturated carbocycles. The molecule has 4 heteroatoms. The fourth-order valence-corrected chi connectivity index (χ4v) is 2.89. The second-order valence-corrected chi connectivity index (χ2v) is 7.04. The van der Waals surface area contributed by atoms with Crippen molar-refractivity contribution in [2.45, 2.75) is 43.3 Å². The summed E-state index contributed by atoms with van der Waals surface area (Å²) in [7, 11) is 0. The largest absolute Gasteiger partial charge is 0.310 e. The third-order valence-electron chi connectivity index (χ3n) is 2.83. The smallest absolute Gasteiger partial charge is 0.101 e. The van der Waals surface area contributed by atoms with E-state index in [1.54, 1.807) is 11.8 Å². The Hall–Kier alpha value is -0.840. The van der Waals surface area contributed by atoms with E-state index >= 15 is 0 Å². The number of aromatic nitrogens is 1. The van der Waals surface area contributed by atoms with E-state index in [-0.39, 0.29) is 0 Å². The molecular formula is C16H19BrN2S. The second-order valence-electron chi connectivity index (χ2n) is 5.06. The highest BCUT2D eigenvalue weighted by Gasteiger charge is 2.06. The molecule has 0 aliphatic rings. The standard InChI is InChI=1S/C16H19BrN2S/c1-11(2)18-9-13-8-12(3)4-6-15(13)20-16-7-5-14(17)10-19-16/h4-8,10-11,18H,9H2,1-3H3. The maximum atomic E-state index is 4.43. The predicted molar refractivity (Wildman–Crippen MR) is 89.2 cm³/mol. The van der Waals surface area contributed by atoms with Crippen LogP contribution in [0.4, 0.5) is 0 Å². The van der Waals surface area contributed by atoms with Crippen LogP contribution in [0, 0.1) is 6.92 Å². The monoisotopic (exact) mass is 350 g/mol. The SMILES string of the molecule is Cc1ccc(Sc2ccc(Br)cn2)c(CNC(C)C)c1. The van der Waals surface area contributed by atoms with Gasteiger partial charge in [-0.15, -0.1) is 0 Å². The Bertz CT molecular complexity index is 567. The molecule has 0 spiro atoms. The lowest BCUT2D eigenvalue weighted by Gasteiger charge is -2.13. The Morgan fingerprint density at radius 2 is 2.05 bits per heavy atom. The molecular weight excluding hydrogens is 332 g/mol. The van der Waals surface area contributed by atoms with Gasteiger partial charge in [-0.2, -0.15) is 0 Å². The lowest BCUT2D eigenvalue weighted by Crippen LogP contribution is -2.22. The quantitative estimate of drug-likeness (QED) is 0.837. The molecule has 106 valence electrons. The second kappa shape index (κ2) is 7.25. The third-order valence-corrected chi connectivity index (χ3v) is 4.37. The van der Waals surface area contributed by atoms with Crippen molar-refractivity contribution in [1.29, 1.82) is 0 Å². The molecule has 1 N–H and O–H groups in total. The number of nitrogens with zero attached hydrogens (tertiary/aromatic N) is 1. The maximum absolute atomic E-state index is 4.43.